The summed E-state index contributed by atoms with van der Waals surface area (Å²) in [6.45, 7) is -1.15. The number of hydrogen-bond acceptors (Lipinski definition) is 15. The van der Waals surface area contributed by atoms with E-state index >= 15 is 0 Å². The van der Waals surface area contributed by atoms with Crippen molar-refractivity contribution in [2.24, 2.45) is 0 Å². The van der Waals surface area contributed by atoms with Crippen LogP contribution in [0.3, 0.4) is 0 Å². The highest BCUT2D eigenvalue weighted by Gasteiger charge is 2.59. The van der Waals surface area contributed by atoms with Crippen LogP contribution < -0.4 is 0 Å². The second kappa shape index (κ2) is 22.6. The maximum absolute atomic E-state index is 12.0. The second-order valence-corrected chi connectivity index (χ2v) is 12.8. The number of aliphatic hydroxyl groups excluding tert-OH is 3. The minimum Gasteiger partial charge on any atom is -0.394 e. The SMILES string of the molecule is O=P(O)(O)O[C@@H]1[C@@H](OP(=O)(O)O)[C@H](OCCCOCCO)[C@@H](OCCCOCCO)[C@H](OCCCOCCO)[C@@H]1OP(=O)(O)O. The summed E-state index contributed by atoms with van der Waals surface area (Å²) in [5, 5.41) is 26.7. The van der Waals surface area contributed by atoms with Crippen molar-refractivity contribution in [3.63, 3.8) is 0 Å². The molecule has 6 atom stereocenters. The largest absolute Gasteiger partial charge is 0.470 e. The molecule has 1 fully saturated rings. The zero-order valence-corrected chi connectivity index (χ0v) is 27.0. The first-order valence-corrected chi connectivity index (χ1v) is 18.3. The van der Waals surface area contributed by atoms with Gasteiger partial charge < -0.3 is 73.1 Å². The van der Waals surface area contributed by atoms with Crippen molar-refractivity contribution in [3.05, 3.63) is 0 Å². The Labute approximate surface area is 259 Å². The summed E-state index contributed by atoms with van der Waals surface area (Å²) in [5.74, 6) is 0. The van der Waals surface area contributed by atoms with Crippen LogP contribution in [0.2, 0.25) is 0 Å². The fourth-order valence-electron chi connectivity index (χ4n) is 4.17. The second-order valence-electron chi connectivity index (χ2n) is 9.26. The average molecular weight is 726 g/mol. The van der Waals surface area contributed by atoms with E-state index in [2.05, 4.69) is 0 Å². The highest BCUT2D eigenvalue weighted by Crippen LogP contribution is 2.51. The van der Waals surface area contributed by atoms with Gasteiger partial charge in [0.05, 0.1) is 39.6 Å². The maximum atomic E-state index is 12.0. The number of phosphoric ester groups is 3. The van der Waals surface area contributed by atoms with Gasteiger partial charge >= 0.3 is 23.5 Å². The lowest BCUT2D eigenvalue weighted by molar-refractivity contribution is -0.249. The summed E-state index contributed by atoms with van der Waals surface area (Å²) in [5.41, 5.74) is 0. The van der Waals surface area contributed by atoms with Crippen molar-refractivity contribution in [1.29, 1.82) is 0 Å². The number of ether oxygens (including phenoxy) is 6. The van der Waals surface area contributed by atoms with E-state index in [0.29, 0.717) is 0 Å². The molecule has 0 aliphatic heterocycles. The van der Waals surface area contributed by atoms with Gasteiger partial charge in [-0.25, -0.2) is 13.7 Å². The summed E-state index contributed by atoms with van der Waals surface area (Å²) in [4.78, 5) is 58.1. The zero-order valence-electron chi connectivity index (χ0n) is 24.3. The standard InChI is InChI=1S/C21H45O21P3/c22-4-13-34-7-1-10-37-16-17(38-11-2-8-35-14-5-23)19(40-43(25,26)27)21(42-45(31,32)33)20(41-44(28,29)30)18(16)39-12-3-9-36-15-6-24/h16-24H,1-15H2,(H2,25,26,27)(H2,28,29,30)(H2,31,32,33)/t16-,17-,18+,19-,20-,21-/m0/s1. The van der Waals surface area contributed by atoms with Gasteiger partial charge in [0.1, 0.15) is 36.6 Å². The minimum atomic E-state index is -5.58. The molecule has 1 rings (SSSR count). The first kappa shape index (κ1) is 43.0. The predicted molar refractivity (Wildman–Crippen MR) is 148 cm³/mol. The molecule has 0 saturated heterocycles. The monoisotopic (exact) mass is 726 g/mol. The smallest absolute Gasteiger partial charge is 0.394 e. The Morgan fingerprint density at radius 3 is 0.867 bits per heavy atom. The summed E-state index contributed by atoms with van der Waals surface area (Å²) >= 11 is 0. The van der Waals surface area contributed by atoms with Gasteiger partial charge in [-0.05, 0) is 19.3 Å². The molecule has 0 amide bonds. The quantitative estimate of drug-likeness (QED) is 0.0320. The lowest BCUT2D eigenvalue weighted by Gasteiger charge is -2.49. The van der Waals surface area contributed by atoms with E-state index in [9.17, 15) is 43.1 Å². The number of phosphoric acid groups is 3. The van der Waals surface area contributed by atoms with E-state index in [4.69, 9.17) is 57.3 Å². The van der Waals surface area contributed by atoms with Crippen molar-refractivity contribution in [2.45, 2.75) is 55.9 Å². The fourth-order valence-corrected chi connectivity index (χ4v) is 5.84. The third-order valence-corrected chi connectivity index (χ3v) is 7.21. The van der Waals surface area contributed by atoms with Gasteiger partial charge in [-0.2, -0.15) is 0 Å². The zero-order chi connectivity index (χ0) is 33.9. The van der Waals surface area contributed by atoms with E-state index in [1.54, 1.807) is 0 Å². The van der Waals surface area contributed by atoms with Gasteiger partial charge in [-0.1, -0.05) is 0 Å². The minimum absolute atomic E-state index is 0.00892. The van der Waals surface area contributed by atoms with Crippen LogP contribution in [0.25, 0.3) is 0 Å². The van der Waals surface area contributed by atoms with Crippen molar-refractivity contribution in [1.82, 2.24) is 0 Å². The lowest BCUT2D eigenvalue weighted by Crippen LogP contribution is -2.67. The summed E-state index contributed by atoms with van der Waals surface area (Å²) in [7, 11) is -16.6. The van der Waals surface area contributed by atoms with Crippen LogP contribution in [0.4, 0.5) is 0 Å². The van der Waals surface area contributed by atoms with Crippen molar-refractivity contribution in [2.75, 3.05) is 79.3 Å². The topological polar surface area (TPSA) is 316 Å². The Bertz CT molecular complexity index is 858. The van der Waals surface area contributed by atoms with Gasteiger partial charge in [0.2, 0.25) is 0 Å². The lowest BCUT2D eigenvalue weighted by atomic mass is 9.84. The molecule has 270 valence electrons. The number of aliphatic hydroxyl groups is 3. The van der Waals surface area contributed by atoms with E-state index in [1.165, 1.54) is 0 Å². The number of hydrogen-bond donors (Lipinski definition) is 9. The van der Waals surface area contributed by atoms with Gasteiger partial charge in [0.15, 0.2) is 0 Å². The van der Waals surface area contributed by atoms with E-state index in [0.717, 1.165) is 0 Å². The normalized spacial score (nSPS) is 24.7. The Morgan fingerprint density at radius 1 is 0.378 bits per heavy atom. The third kappa shape index (κ3) is 19.5. The molecule has 1 aliphatic carbocycles. The fraction of sp³-hybridized carbons (Fsp3) is 1.00. The Morgan fingerprint density at radius 2 is 0.622 bits per heavy atom. The molecule has 9 N–H and O–H groups in total. The molecule has 0 aromatic rings. The van der Waals surface area contributed by atoms with E-state index in [1.807, 2.05) is 0 Å². The average Bonchev–Trinajstić information content (AvgIpc) is 2.92. The third-order valence-electron chi connectivity index (χ3n) is 5.66. The van der Waals surface area contributed by atoms with E-state index in [-0.39, 0.29) is 98.5 Å². The molecule has 45 heavy (non-hydrogen) atoms. The first-order valence-electron chi connectivity index (χ1n) is 13.8. The summed E-state index contributed by atoms with van der Waals surface area (Å²) < 4.78 is 83.6. The molecule has 0 unspecified atom stereocenters. The molecule has 0 aromatic carbocycles. The van der Waals surface area contributed by atoms with Crippen LogP contribution >= 0.6 is 23.5 Å². The molecule has 1 saturated carbocycles. The molecule has 24 heteroatoms. The summed E-state index contributed by atoms with van der Waals surface area (Å²) in [6, 6.07) is 0. The van der Waals surface area contributed by atoms with Crippen molar-refractivity contribution in [3.8, 4) is 0 Å². The predicted octanol–water partition coefficient (Wildman–Crippen LogP) is -2.21. The van der Waals surface area contributed by atoms with Crippen LogP contribution in [-0.4, -0.2) is 161 Å². The van der Waals surface area contributed by atoms with Gasteiger partial charge in [0, 0.05) is 39.6 Å². The molecular formula is C21H45O21P3. The Kier molecular flexibility index (Phi) is 21.6. The molecular weight excluding hydrogens is 681 g/mol. The van der Waals surface area contributed by atoms with Crippen LogP contribution in [0, 0.1) is 0 Å². The van der Waals surface area contributed by atoms with Crippen LogP contribution in [0.15, 0.2) is 0 Å². The Balaban J connectivity index is 3.55. The molecule has 0 spiro atoms. The number of rotatable bonds is 27. The van der Waals surface area contributed by atoms with Crippen LogP contribution in [0.5, 0.6) is 0 Å². The van der Waals surface area contributed by atoms with Gasteiger partial charge in [-0.15, -0.1) is 0 Å². The van der Waals surface area contributed by atoms with Crippen molar-refractivity contribution < 1.29 is 100 Å². The molecule has 0 aromatic heterocycles. The van der Waals surface area contributed by atoms with Gasteiger partial charge in [-0.3, -0.25) is 13.6 Å². The molecule has 1 aliphatic rings. The molecule has 21 nitrogen and oxygen atoms in total. The highest BCUT2D eigenvalue weighted by molar-refractivity contribution is 7.47. The molecule has 0 heterocycles. The van der Waals surface area contributed by atoms with Crippen molar-refractivity contribution >= 4 is 23.5 Å². The Hall–Kier alpha value is -0.0300. The van der Waals surface area contributed by atoms with Crippen LogP contribution in [0.1, 0.15) is 19.3 Å². The molecule has 0 radical (unpaired) electrons. The first-order chi connectivity index (χ1) is 21.1. The van der Waals surface area contributed by atoms with Gasteiger partial charge in [0.25, 0.3) is 0 Å². The summed E-state index contributed by atoms with van der Waals surface area (Å²) in [6.07, 6.45) is -11.1. The van der Waals surface area contributed by atoms with Crippen LogP contribution in [-0.2, 0) is 55.7 Å². The van der Waals surface area contributed by atoms with E-state index < -0.39 is 60.1 Å². The highest BCUT2D eigenvalue weighted by atomic mass is 31.2. The molecule has 0 bridgehead atoms. The maximum Gasteiger partial charge on any atom is 0.470 e.